The molecule has 6 heteroatoms. The van der Waals surface area contributed by atoms with Gasteiger partial charge in [0, 0.05) is 11.4 Å². The van der Waals surface area contributed by atoms with Crippen LogP contribution >= 0.6 is 11.3 Å². The van der Waals surface area contributed by atoms with Gasteiger partial charge in [-0.05, 0) is 32.4 Å². The maximum Gasteiger partial charge on any atom is 0.240 e. The van der Waals surface area contributed by atoms with Gasteiger partial charge in [-0.15, -0.1) is 11.3 Å². The zero-order valence-electron chi connectivity index (χ0n) is 10.9. The second-order valence-corrected chi connectivity index (χ2v) is 7.26. The lowest BCUT2D eigenvalue weighted by atomic mass is 10.3. The molecule has 1 aromatic heterocycles. The first kappa shape index (κ1) is 14.2. The molecule has 2 aromatic rings. The molecule has 0 aliphatic rings. The molecule has 0 amide bonds. The summed E-state index contributed by atoms with van der Waals surface area (Å²) in [7, 11) is -3.40. The highest BCUT2D eigenvalue weighted by Crippen LogP contribution is 2.17. The van der Waals surface area contributed by atoms with E-state index in [0.717, 1.165) is 15.6 Å². The Morgan fingerprint density at radius 1 is 1.21 bits per heavy atom. The summed E-state index contributed by atoms with van der Waals surface area (Å²) in [5.41, 5.74) is 0.987. The van der Waals surface area contributed by atoms with Gasteiger partial charge < -0.3 is 0 Å². The van der Waals surface area contributed by atoms with Crippen molar-refractivity contribution in [3.63, 3.8) is 0 Å². The fraction of sp³-hybridized carbons (Fsp3) is 0.308. The molecule has 0 saturated carbocycles. The lowest BCUT2D eigenvalue weighted by Gasteiger charge is -2.05. The molecule has 19 heavy (non-hydrogen) atoms. The summed E-state index contributed by atoms with van der Waals surface area (Å²) in [5, 5.41) is 1.01. The van der Waals surface area contributed by atoms with Gasteiger partial charge in [0.15, 0.2) is 0 Å². The fourth-order valence-electron chi connectivity index (χ4n) is 1.79. The van der Waals surface area contributed by atoms with Crippen LogP contribution in [0.1, 0.15) is 15.6 Å². The first-order valence-corrected chi connectivity index (χ1v) is 8.26. The summed E-state index contributed by atoms with van der Waals surface area (Å²) in [6.07, 6.45) is 0.670. The molecule has 1 aromatic carbocycles. The highest BCUT2D eigenvalue weighted by Gasteiger charge is 2.13. The first-order chi connectivity index (χ1) is 8.99. The molecule has 0 spiro atoms. The average Bonchev–Trinajstić information content (AvgIpc) is 2.69. The van der Waals surface area contributed by atoms with Gasteiger partial charge in [-0.1, -0.05) is 18.2 Å². The number of benzene rings is 1. The van der Waals surface area contributed by atoms with Crippen molar-refractivity contribution >= 4 is 21.4 Å². The molecule has 4 nitrogen and oxygen atoms in total. The van der Waals surface area contributed by atoms with E-state index in [1.165, 1.54) is 0 Å². The topological polar surface area (TPSA) is 59.1 Å². The van der Waals surface area contributed by atoms with Crippen LogP contribution in [0.3, 0.4) is 0 Å². The van der Waals surface area contributed by atoms with Crippen molar-refractivity contribution in [3.05, 3.63) is 45.9 Å². The van der Waals surface area contributed by atoms with E-state index in [2.05, 4.69) is 9.71 Å². The number of sulfonamides is 1. The van der Waals surface area contributed by atoms with E-state index in [4.69, 9.17) is 0 Å². The van der Waals surface area contributed by atoms with Crippen molar-refractivity contribution < 1.29 is 8.42 Å². The minimum Gasteiger partial charge on any atom is -0.247 e. The van der Waals surface area contributed by atoms with Gasteiger partial charge in [0.25, 0.3) is 0 Å². The molecule has 0 saturated heterocycles. The quantitative estimate of drug-likeness (QED) is 0.921. The summed E-state index contributed by atoms with van der Waals surface area (Å²) in [6.45, 7) is 4.29. The van der Waals surface area contributed by atoms with Crippen molar-refractivity contribution in [2.24, 2.45) is 0 Å². The van der Waals surface area contributed by atoms with E-state index >= 15 is 0 Å². The summed E-state index contributed by atoms with van der Waals surface area (Å²) in [4.78, 5) is 5.76. The van der Waals surface area contributed by atoms with E-state index < -0.39 is 10.0 Å². The largest absolute Gasteiger partial charge is 0.247 e. The number of nitrogens with one attached hydrogen (secondary N) is 1. The number of nitrogens with zero attached hydrogens (tertiary/aromatic N) is 1. The van der Waals surface area contributed by atoms with E-state index in [9.17, 15) is 8.42 Å². The zero-order chi connectivity index (χ0) is 13.9. The van der Waals surface area contributed by atoms with Crippen molar-refractivity contribution in [2.75, 3.05) is 6.54 Å². The maximum absolute atomic E-state index is 12.0. The summed E-state index contributed by atoms with van der Waals surface area (Å²) in [6, 6.07) is 8.40. The average molecular weight is 296 g/mol. The third kappa shape index (κ3) is 3.62. The molecular weight excluding hydrogens is 280 g/mol. The number of hydrogen-bond donors (Lipinski definition) is 1. The van der Waals surface area contributed by atoms with Crippen LogP contribution in [0.2, 0.25) is 0 Å². The Labute approximate surface area is 117 Å². The molecule has 0 aliphatic heterocycles. The van der Waals surface area contributed by atoms with Crippen LogP contribution in [-0.2, 0) is 16.4 Å². The summed E-state index contributed by atoms with van der Waals surface area (Å²) < 4.78 is 26.6. The van der Waals surface area contributed by atoms with Crippen molar-refractivity contribution in [1.29, 1.82) is 0 Å². The lowest BCUT2D eigenvalue weighted by molar-refractivity contribution is 0.582. The van der Waals surface area contributed by atoms with Crippen LogP contribution in [0.25, 0.3) is 0 Å². The monoisotopic (exact) mass is 296 g/mol. The Morgan fingerprint density at radius 2 is 1.89 bits per heavy atom. The normalized spacial score (nSPS) is 11.7. The standard InChI is InChI=1S/C13H16N2O2S2/c1-10-13(18-11(2)15-10)8-9-14-19(16,17)12-6-4-3-5-7-12/h3-7,14H,8-9H2,1-2H3. The minimum absolute atomic E-state index is 0.298. The van der Waals surface area contributed by atoms with Crippen molar-refractivity contribution in [2.45, 2.75) is 25.2 Å². The summed E-state index contributed by atoms with van der Waals surface area (Å²) >= 11 is 1.61. The third-order valence-electron chi connectivity index (χ3n) is 2.70. The Morgan fingerprint density at radius 3 is 2.47 bits per heavy atom. The maximum atomic E-state index is 12.0. The molecule has 0 radical (unpaired) electrons. The molecular formula is C13H16N2O2S2. The molecule has 2 rings (SSSR count). The second-order valence-electron chi connectivity index (χ2n) is 4.20. The third-order valence-corrected chi connectivity index (χ3v) is 5.31. The predicted octanol–water partition coefficient (Wildman–Crippen LogP) is 2.28. The van der Waals surface area contributed by atoms with Gasteiger partial charge in [-0.25, -0.2) is 18.1 Å². The van der Waals surface area contributed by atoms with E-state index in [1.54, 1.807) is 41.7 Å². The Hall–Kier alpha value is -1.24. The minimum atomic E-state index is -3.40. The van der Waals surface area contributed by atoms with Gasteiger partial charge in [0.2, 0.25) is 10.0 Å². The van der Waals surface area contributed by atoms with E-state index in [0.29, 0.717) is 17.9 Å². The van der Waals surface area contributed by atoms with Gasteiger partial charge in [0.05, 0.1) is 15.6 Å². The number of thiazole rings is 1. The molecule has 102 valence electrons. The molecule has 1 N–H and O–H groups in total. The first-order valence-electron chi connectivity index (χ1n) is 5.96. The van der Waals surface area contributed by atoms with Crippen LogP contribution in [0, 0.1) is 13.8 Å². The highest BCUT2D eigenvalue weighted by molar-refractivity contribution is 7.89. The predicted molar refractivity (Wildman–Crippen MR) is 76.9 cm³/mol. The number of aryl methyl sites for hydroxylation is 2. The second kappa shape index (κ2) is 5.81. The zero-order valence-corrected chi connectivity index (χ0v) is 12.5. The molecule has 0 atom stereocenters. The molecule has 1 heterocycles. The van der Waals surface area contributed by atoms with Gasteiger partial charge in [-0.3, -0.25) is 0 Å². The highest BCUT2D eigenvalue weighted by atomic mass is 32.2. The Balaban J connectivity index is 1.98. The van der Waals surface area contributed by atoms with Crippen LogP contribution in [-0.4, -0.2) is 19.9 Å². The number of aromatic nitrogens is 1. The van der Waals surface area contributed by atoms with Gasteiger partial charge >= 0.3 is 0 Å². The smallest absolute Gasteiger partial charge is 0.240 e. The molecule has 0 aliphatic carbocycles. The summed E-state index contributed by atoms with van der Waals surface area (Å²) in [5.74, 6) is 0. The van der Waals surface area contributed by atoms with Crippen molar-refractivity contribution in [1.82, 2.24) is 9.71 Å². The van der Waals surface area contributed by atoms with E-state index in [1.807, 2.05) is 13.8 Å². The number of rotatable bonds is 5. The Bertz CT molecular complexity index is 649. The molecule has 0 bridgehead atoms. The van der Waals surface area contributed by atoms with Gasteiger partial charge in [-0.2, -0.15) is 0 Å². The Kier molecular flexibility index (Phi) is 4.34. The van der Waals surface area contributed by atoms with Crippen LogP contribution < -0.4 is 4.72 Å². The van der Waals surface area contributed by atoms with E-state index in [-0.39, 0.29) is 0 Å². The van der Waals surface area contributed by atoms with Crippen molar-refractivity contribution in [3.8, 4) is 0 Å². The number of hydrogen-bond acceptors (Lipinski definition) is 4. The fourth-order valence-corrected chi connectivity index (χ4v) is 3.78. The van der Waals surface area contributed by atoms with Crippen LogP contribution in [0.15, 0.2) is 35.2 Å². The SMILES string of the molecule is Cc1nc(C)c(CCNS(=O)(=O)c2ccccc2)s1. The van der Waals surface area contributed by atoms with Crippen LogP contribution in [0.4, 0.5) is 0 Å². The molecule has 0 fully saturated rings. The lowest BCUT2D eigenvalue weighted by Crippen LogP contribution is -2.25. The van der Waals surface area contributed by atoms with Crippen LogP contribution in [0.5, 0.6) is 0 Å². The van der Waals surface area contributed by atoms with Gasteiger partial charge in [0.1, 0.15) is 0 Å². The molecule has 0 unspecified atom stereocenters.